The van der Waals surface area contributed by atoms with Gasteiger partial charge in [0.1, 0.15) is 11.5 Å². The van der Waals surface area contributed by atoms with Gasteiger partial charge in [-0.2, -0.15) is 0 Å². The highest BCUT2D eigenvalue weighted by atomic mass is 35.5. The second kappa shape index (κ2) is 4.15. The number of aromatic nitrogens is 2. The molecule has 5 nitrogen and oxygen atoms in total. The maximum absolute atomic E-state index is 10.6. The van der Waals surface area contributed by atoms with Crippen molar-refractivity contribution >= 4 is 23.7 Å². The third-order valence-electron chi connectivity index (χ3n) is 1.28. The van der Waals surface area contributed by atoms with E-state index in [4.69, 9.17) is 11.6 Å². The maximum atomic E-state index is 10.6. The van der Waals surface area contributed by atoms with E-state index in [1.54, 1.807) is 19.1 Å². The van der Waals surface area contributed by atoms with Gasteiger partial charge in [-0.15, -0.1) is 0 Å². The van der Waals surface area contributed by atoms with Crippen molar-refractivity contribution in [2.45, 2.75) is 0 Å². The van der Waals surface area contributed by atoms with Gasteiger partial charge in [-0.25, -0.2) is 15.0 Å². The van der Waals surface area contributed by atoms with Gasteiger partial charge in [0.2, 0.25) is 0 Å². The molecule has 1 heterocycles. The van der Waals surface area contributed by atoms with E-state index >= 15 is 0 Å². The van der Waals surface area contributed by atoms with Gasteiger partial charge in [0.25, 0.3) is 0 Å². The molecular weight excluding hydrogens is 192 g/mol. The molecule has 1 aromatic heterocycles. The summed E-state index contributed by atoms with van der Waals surface area (Å²) in [4.78, 5) is 18.2. The molecule has 0 atom stereocenters. The summed E-state index contributed by atoms with van der Waals surface area (Å²) in [5.74, 6) is 0.403. The van der Waals surface area contributed by atoms with Gasteiger partial charge in [-0.05, 0) is 0 Å². The van der Waals surface area contributed by atoms with Crippen LogP contribution in [0.3, 0.4) is 0 Å². The predicted molar refractivity (Wildman–Crippen MR) is 49.7 cm³/mol. The van der Waals surface area contributed by atoms with Crippen LogP contribution in [0.1, 0.15) is 10.4 Å². The summed E-state index contributed by atoms with van der Waals surface area (Å²) in [6.45, 7) is 0. The molecule has 1 aromatic rings. The quantitative estimate of drug-likeness (QED) is 0.445. The molecule has 6 heteroatoms. The van der Waals surface area contributed by atoms with Crippen molar-refractivity contribution in [1.82, 2.24) is 15.0 Å². The van der Waals surface area contributed by atoms with Crippen molar-refractivity contribution in [2.24, 2.45) is 0 Å². The van der Waals surface area contributed by atoms with Crippen molar-refractivity contribution in [3.8, 4) is 0 Å². The number of carbonyl (C=O) groups excluding carboxylic acids is 1. The molecule has 70 valence electrons. The molecule has 0 aliphatic heterocycles. The zero-order valence-electron chi connectivity index (χ0n) is 7.28. The lowest BCUT2D eigenvalue weighted by Gasteiger charge is -2.13. The topological polar surface area (TPSA) is 58.1 Å². The summed E-state index contributed by atoms with van der Waals surface area (Å²) in [6, 6.07) is 0. The minimum absolute atomic E-state index is 0.148. The fourth-order valence-electron chi connectivity index (χ4n) is 0.779. The van der Waals surface area contributed by atoms with E-state index in [1.807, 2.05) is 0 Å². The number of carbonyl (C=O) groups is 1. The van der Waals surface area contributed by atoms with Gasteiger partial charge >= 0.3 is 0 Å². The molecule has 0 aliphatic carbocycles. The number of hydrogen-bond acceptors (Lipinski definition) is 5. The summed E-state index contributed by atoms with van der Waals surface area (Å²) >= 11 is 5.67. The molecule has 0 fully saturated rings. The van der Waals surface area contributed by atoms with Crippen LogP contribution in [0.15, 0.2) is 6.33 Å². The molecular formula is C7H9ClN4O. The lowest BCUT2D eigenvalue weighted by Crippen LogP contribution is -2.21. The second-order valence-electron chi connectivity index (χ2n) is 2.55. The highest BCUT2D eigenvalue weighted by molar-refractivity contribution is 6.32. The average Bonchev–Trinajstić information content (AvgIpc) is 2.03. The van der Waals surface area contributed by atoms with Crippen LogP contribution in [0.4, 0.5) is 5.82 Å². The van der Waals surface area contributed by atoms with E-state index in [0.717, 1.165) is 0 Å². The summed E-state index contributed by atoms with van der Waals surface area (Å²) in [6.07, 6.45) is 1.91. The summed E-state index contributed by atoms with van der Waals surface area (Å²) < 4.78 is 0. The Labute approximate surface area is 80.7 Å². The number of anilines is 1. The lowest BCUT2D eigenvalue weighted by molar-refractivity contribution is 0.112. The Kier molecular flexibility index (Phi) is 3.16. The highest BCUT2D eigenvalue weighted by Gasteiger charge is 2.08. The largest absolute Gasteiger partial charge is 0.303 e. The highest BCUT2D eigenvalue weighted by Crippen LogP contribution is 2.16. The smallest absolute Gasteiger partial charge is 0.156 e. The summed E-state index contributed by atoms with van der Waals surface area (Å²) in [5, 5.41) is 1.81. The first-order valence-corrected chi connectivity index (χ1v) is 3.92. The van der Waals surface area contributed by atoms with Crippen LogP contribution in [-0.4, -0.2) is 35.4 Å². The van der Waals surface area contributed by atoms with Gasteiger partial charge in [0.15, 0.2) is 12.1 Å². The van der Waals surface area contributed by atoms with Crippen molar-refractivity contribution in [1.29, 1.82) is 0 Å². The van der Waals surface area contributed by atoms with E-state index in [0.29, 0.717) is 12.1 Å². The van der Waals surface area contributed by atoms with Crippen LogP contribution >= 0.6 is 11.6 Å². The van der Waals surface area contributed by atoms with Gasteiger partial charge in [0, 0.05) is 14.1 Å². The minimum atomic E-state index is 0.148. The first-order chi connectivity index (χ1) is 6.15. The third-order valence-corrected chi connectivity index (χ3v) is 1.58. The predicted octanol–water partition coefficient (Wildman–Crippen LogP) is 0.831. The molecule has 0 unspecified atom stereocenters. The van der Waals surface area contributed by atoms with E-state index in [2.05, 4.69) is 15.4 Å². The molecule has 0 radical (unpaired) electrons. The normalized spacial score (nSPS) is 10.2. The third kappa shape index (κ3) is 2.37. The Balaban J connectivity index is 3.05. The first-order valence-electron chi connectivity index (χ1n) is 3.55. The number of nitrogens with zero attached hydrogens (tertiary/aromatic N) is 3. The molecule has 0 spiro atoms. The molecule has 0 saturated carbocycles. The number of halogens is 1. The van der Waals surface area contributed by atoms with E-state index < -0.39 is 0 Å². The van der Waals surface area contributed by atoms with Gasteiger partial charge in [-0.3, -0.25) is 4.79 Å². The van der Waals surface area contributed by atoms with Crippen molar-refractivity contribution < 1.29 is 4.79 Å². The van der Waals surface area contributed by atoms with Crippen LogP contribution in [0.25, 0.3) is 0 Å². The Morgan fingerprint density at radius 3 is 2.77 bits per heavy atom. The first kappa shape index (κ1) is 9.88. The number of nitrogens with one attached hydrogen (secondary N) is 1. The molecule has 0 aromatic carbocycles. The maximum Gasteiger partial charge on any atom is 0.156 e. The molecule has 1 N–H and O–H groups in total. The Morgan fingerprint density at radius 1 is 1.54 bits per heavy atom. The Hall–Kier alpha value is -1.20. The van der Waals surface area contributed by atoms with Crippen LogP contribution in [0.5, 0.6) is 0 Å². The monoisotopic (exact) mass is 200 g/mol. The molecule has 0 bridgehead atoms. The number of rotatable bonds is 3. The lowest BCUT2D eigenvalue weighted by atomic mass is 10.3. The molecule has 0 amide bonds. The van der Waals surface area contributed by atoms with Gasteiger partial charge in [-0.1, -0.05) is 11.6 Å². The summed E-state index contributed by atoms with van der Waals surface area (Å²) in [7, 11) is 3.56. The number of hydrogen-bond donors (Lipinski definition) is 1. The zero-order valence-corrected chi connectivity index (χ0v) is 8.04. The molecule has 1 rings (SSSR count). The van der Waals surface area contributed by atoms with Crippen molar-refractivity contribution in [2.75, 3.05) is 19.5 Å². The van der Waals surface area contributed by atoms with Crippen molar-refractivity contribution in [3.63, 3.8) is 0 Å². The van der Waals surface area contributed by atoms with Crippen LogP contribution in [0.2, 0.25) is 5.15 Å². The zero-order chi connectivity index (χ0) is 9.84. The number of aldehydes is 1. The van der Waals surface area contributed by atoms with E-state index in [9.17, 15) is 4.79 Å². The summed E-state index contributed by atoms with van der Waals surface area (Å²) in [5.41, 5.74) is 3.09. The Morgan fingerprint density at radius 2 is 2.23 bits per heavy atom. The fraction of sp³-hybridized carbons (Fsp3) is 0.286. The second-order valence-corrected chi connectivity index (χ2v) is 2.91. The van der Waals surface area contributed by atoms with E-state index in [1.165, 1.54) is 6.33 Å². The molecule has 0 saturated heterocycles. The standard InChI is InChI=1S/C7H9ClN4O/c1-12(2)11-7-5(3-13)6(8)9-4-10-7/h3-4H,1-2H3,(H,9,10,11). The molecule has 0 aliphatic rings. The molecule has 13 heavy (non-hydrogen) atoms. The fourth-order valence-corrected chi connectivity index (χ4v) is 0.957. The van der Waals surface area contributed by atoms with E-state index in [-0.39, 0.29) is 10.7 Å². The van der Waals surface area contributed by atoms with Crippen molar-refractivity contribution in [3.05, 3.63) is 17.0 Å². The number of hydrazine groups is 1. The Bertz CT molecular complexity index is 315. The SMILES string of the molecule is CN(C)Nc1ncnc(Cl)c1C=O. The average molecular weight is 201 g/mol. The van der Waals surface area contributed by atoms with Gasteiger partial charge < -0.3 is 5.43 Å². The minimum Gasteiger partial charge on any atom is -0.303 e. The van der Waals surface area contributed by atoms with Crippen LogP contribution < -0.4 is 5.43 Å². The van der Waals surface area contributed by atoms with Crippen LogP contribution in [0, 0.1) is 0 Å². The van der Waals surface area contributed by atoms with Gasteiger partial charge in [0.05, 0.1) is 5.56 Å². The van der Waals surface area contributed by atoms with Crippen LogP contribution in [-0.2, 0) is 0 Å².